The van der Waals surface area contributed by atoms with E-state index in [2.05, 4.69) is 13.0 Å². The molecule has 1 saturated carbocycles. The zero-order valence-electron chi connectivity index (χ0n) is 18.6. The Kier molecular flexibility index (Phi) is 8.67. The highest BCUT2D eigenvalue weighted by molar-refractivity contribution is 5.77. The van der Waals surface area contributed by atoms with E-state index in [1.54, 1.807) is 0 Å². The lowest BCUT2D eigenvalue weighted by molar-refractivity contribution is -0.139. The number of rotatable bonds is 11. The van der Waals surface area contributed by atoms with Crippen molar-refractivity contribution in [3.05, 3.63) is 29.3 Å². The highest BCUT2D eigenvalue weighted by atomic mass is 19.4. The van der Waals surface area contributed by atoms with Crippen LogP contribution in [0.1, 0.15) is 75.8 Å². The molecular formula is C25H36F3NO2. The summed E-state index contributed by atoms with van der Waals surface area (Å²) in [5.41, 5.74) is 2.43. The molecule has 0 aliphatic heterocycles. The van der Waals surface area contributed by atoms with Crippen LogP contribution in [0.25, 0.3) is 0 Å². The van der Waals surface area contributed by atoms with E-state index in [1.165, 1.54) is 63.4 Å². The molecule has 31 heavy (non-hydrogen) atoms. The molecule has 174 valence electrons. The molecule has 1 amide bonds. The molecule has 3 rings (SSSR count). The highest BCUT2D eigenvalue weighted by Gasteiger charge is 2.39. The molecule has 1 fully saturated rings. The van der Waals surface area contributed by atoms with Crippen LogP contribution in [-0.4, -0.2) is 25.2 Å². The van der Waals surface area contributed by atoms with Crippen LogP contribution in [0, 0.1) is 17.8 Å². The number of fused-ring (bicyclic) bond motifs is 2. The first-order valence-corrected chi connectivity index (χ1v) is 11.9. The number of amides is 1. The summed E-state index contributed by atoms with van der Waals surface area (Å²) in [6.07, 6.45) is 9.49. The van der Waals surface area contributed by atoms with Crippen LogP contribution in [0.2, 0.25) is 0 Å². The Morgan fingerprint density at radius 3 is 2.65 bits per heavy atom. The van der Waals surface area contributed by atoms with Gasteiger partial charge in [0.05, 0.1) is 0 Å². The van der Waals surface area contributed by atoms with Crippen molar-refractivity contribution in [3.8, 4) is 5.75 Å². The predicted octanol–water partition coefficient (Wildman–Crippen LogP) is 6.24. The molecule has 2 aliphatic carbocycles. The third kappa shape index (κ3) is 7.15. The molecule has 3 nitrogen and oxygen atoms in total. The van der Waals surface area contributed by atoms with Crippen molar-refractivity contribution in [2.75, 3.05) is 13.2 Å². The number of halogens is 3. The van der Waals surface area contributed by atoms with Crippen LogP contribution in [0.5, 0.6) is 5.75 Å². The van der Waals surface area contributed by atoms with Crippen molar-refractivity contribution >= 4 is 5.91 Å². The molecule has 0 aromatic heterocycles. The first-order chi connectivity index (χ1) is 14.9. The van der Waals surface area contributed by atoms with Crippen LogP contribution in [-0.2, 0) is 17.6 Å². The molecule has 1 aromatic carbocycles. The van der Waals surface area contributed by atoms with Gasteiger partial charge in [0.2, 0.25) is 0 Å². The molecular weight excluding hydrogens is 403 g/mol. The average Bonchev–Trinajstić information content (AvgIpc) is 3.13. The summed E-state index contributed by atoms with van der Waals surface area (Å²) in [5, 5.41) is 1.86. The molecule has 0 bridgehead atoms. The van der Waals surface area contributed by atoms with Crippen molar-refractivity contribution < 1.29 is 22.7 Å². The highest BCUT2D eigenvalue weighted by Crippen LogP contribution is 2.48. The molecule has 1 N–H and O–H groups in total. The lowest BCUT2D eigenvalue weighted by Crippen LogP contribution is -2.36. The van der Waals surface area contributed by atoms with Crippen molar-refractivity contribution in [2.24, 2.45) is 17.8 Å². The summed E-state index contributed by atoms with van der Waals surface area (Å²) in [5.74, 6) is 2.10. The number of ether oxygens (including phenoxy) is 1. The lowest BCUT2D eigenvalue weighted by Gasteiger charge is -2.32. The summed E-state index contributed by atoms with van der Waals surface area (Å²) in [7, 11) is 0. The second-order valence-corrected chi connectivity index (χ2v) is 9.30. The fourth-order valence-electron chi connectivity index (χ4n) is 5.45. The van der Waals surface area contributed by atoms with E-state index in [0.717, 1.165) is 30.2 Å². The van der Waals surface area contributed by atoms with Gasteiger partial charge < -0.3 is 10.1 Å². The summed E-state index contributed by atoms with van der Waals surface area (Å²) >= 11 is 0. The number of carbonyl (C=O) groups excluding carboxylic acids is 1. The smallest absolute Gasteiger partial charge is 0.405 e. The molecule has 3 unspecified atom stereocenters. The monoisotopic (exact) mass is 439 g/mol. The number of benzene rings is 1. The van der Waals surface area contributed by atoms with E-state index < -0.39 is 18.6 Å². The Labute approximate surface area is 184 Å². The zero-order valence-corrected chi connectivity index (χ0v) is 18.6. The Hall–Kier alpha value is -1.72. The van der Waals surface area contributed by atoms with Gasteiger partial charge in [-0.3, -0.25) is 4.79 Å². The molecule has 0 spiro atoms. The SMILES string of the molecule is CCCCCCCCC1CCC2Cc3c(cccc3OCC(=O)NCC(F)(F)F)CC12. The quantitative estimate of drug-likeness (QED) is 0.415. The minimum absolute atomic E-state index is 0.388. The van der Waals surface area contributed by atoms with Gasteiger partial charge in [0.15, 0.2) is 6.61 Å². The Morgan fingerprint density at radius 2 is 1.87 bits per heavy atom. The standard InChI is InChI=1S/C25H36F3NO2/c1-2-3-4-5-6-7-9-18-12-13-20-15-22-19(14-21(18)20)10-8-11-23(22)31-16-24(30)29-17-25(26,27)28/h8,10-11,18,20-21H,2-7,9,12-17H2,1H3,(H,29,30). The maximum Gasteiger partial charge on any atom is 0.405 e. The minimum atomic E-state index is -4.41. The summed E-state index contributed by atoms with van der Waals surface area (Å²) < 4.78 is 42.4. The maximum absolute atomic E-state index is 12.3. The maximum atomic E-state index is 12.3. The minimum Gasteiger partial charge on any atom is -0.483 e. The first-order valence-electron chi connectivity index (χ1n) is 11.9. The molecule has 1 aromatic rings. The molecule has 0 heterocycles. The summed E-state index contributed by atoms with van der Waals surface area (Å²) in [4.78, 5) is 11.7. The predicted molar refractivity (Wildman–Crippen MR) is 116 cm³/mol. The number of alkyl halides is 3. The van der Waals surface area contributed by atoms with Crippen molar-refractivity contribution in [1.29, 1.82) is 0 Å². The van der Waals surface area contributed by atoms with Gasteiger partial charge in [-0.25, -0.2) is 0 Å². The topological polar surface area (TPSA) is 38.3 Å². The normalized spacial score (nSPS) is 22.6. The number of hydrogen-bond donors (Lipinski definition) is 1. The van der Waals surface area contributed by atoms with Gasteiger partial charge in [-0.1, -0.05) is 64.0 Å². The van der Waals surface area contributed by atoms with Crippen molar-refractivity contribution in [3.63, 3.8) is 0 Å². The lowest BCUT2D eigenvalue weighted by atomic mass is 9.73. The van der Waals surface area contributed by atoms with Gasteiger partial charge >= 0.3 is 6.18 Å². The third-order valence-corrected chi connectivity index (χ3v) is 7.04. The molecule has 0 saturated heterocycles. The zero-order chi connectivity index (χ0) is 22.3. The Bertz CT molecular complexity index is 719. The van der Waals surface area contributed by atoms with Gasteiger partial charge in [0.1, 0.15) is 12.3 Å². The number of hydrogen-bond acceptors (Lipinski definition) is 2. The Balaban J connectivity index is 1.51. The van der Waals surface area contributed by atoms with E-state index in [1.807, 2.05) is 17.4 Å². The summed E-state index contributed by atoms with van der Waals surface area (Å²) in [6.45, 7) is 0.534. The van der Waals surface area contributed by atoms with E-state index in [-0.39, 0.29) is 6.61 Å². The number of carbonyl (C=O) groups is 1. The van der Waals surface area contributed by atoms with E-state index in [0.29, 0.717) is 11.7 Å². The Morgan fingerprint density at radius 1 is 1.10 bits per heavy atom. The van der Waals surface area contributed by atoms with Gasteiger partial charge in [0, 0.05) is 0 Å². The average molecular weight is 440 g/mol. The first kappa shape index (κ1) is 23.9. The fraction of sp³-hybridized carbons (Fsp3) is 0.720. The van der Waals surface area contributed by atoms with Crippen LogP contribution in [0.15, 0.2) is 18.2 Å². The van der Waals surface area contributed by atoms with Crippen LogP contribution in [0.3, 0.4) is 0 Å². The molecule has 6 heteroatoms. The second-order valence-electron chi connectivity index (χ2n) is 9.30. The number of nitrogens with one attached hydrogen (secondary N) is 1. The molecule has 2 aliphatic rings. The largest absolute Gasteiger partial charge is 0.483 e. The molecule has 0 radical (unpaired) electrons. The molecule has 3 atom stereocenters. The fourth-order valence-corrected chi connectivity index (χ4v) is 5.45. The van der Waals surface area contributed by atoms with Gasteiger partial charge in [-0.2, -0.15) is 13.2 Å². The van der Waals surface area contributed by atoms with Crippen LogP contribution >= 0.6 is 0 Å². The van der Waals surface area contributed by atoms with Crippen LogP contribution < -0.4 is 10.1 Å². The number of unbranched alkanes of at least 4 members (excludes halogenated alkanes) is 5. The van der Waals surface area contributed by atoms with Gasteiger partial charge in [-0.15, -0.1) is 0 Å². The van der Waals surface area contributed by atoms with Gasteiger partial charge in [-0.05, 0) is 60.6 Å². The van der Waals surface area contributed by atoms with E-state index in [4.69, 9.17) is 4.74 Å². The van der Waals surface area contributed by atoms with Crippen molar-refractivity contribution in [1.82, 2.24) is 5.32 Å². The van der Waals surface area contributed by atoms with E-state index in [9.17, 15) is 18.0 Å². The third-order valence-electron chi connectivity index (χ3n) is 7.04. The van der Waals surface area contributed by atoms with Gasteiger partial charge in [0.25, 0.3) is 5.91 Å². The second kappa shape index (κ2) is 11.2. The van der Waals surface area contributed by atoms with E-state index >= 15 is 0 Å². The summed E-state index contributed by atoms with van der Waals surface area (Å²) in [6, 6.07) is 5.90. The van der Waals surface area contributed by atoms with Crippen molar-refractivity contribution in [2.45, 2.75) is 83.7 Å². The van der Waals surface area contributed by atoms with Crippen LogP contribution in [0.4, 0.5) is 13.2 Å².